The predicted octanol–water partition coefficient (Wildman–Crippen LogP) is 3.56. The molecule has 0 saturated carbocycles. The molecule has 0 radical (unpaired) electrons. The van der Waals surface area contributed by atoms with E-state index in [9.17, 15) is 13.2 Å². The quantitative estimate of drug-likeness (QED) is 0.827. The number of halogens is 3. The molecule has 2 aromatic rings. The van der Waals surface area contributed by atoms with Crippen LogP contribution in [0.4, 0.5) is 13.2 Å². The van der Waals surface area contributed by atoms with E-state index in [1.807, 2.05) is 0 Å². The summed E-state index contributed by atoms with van der Waals surface area (Å²) < 4.78 is 43.8. The standard InChI is InChI=1S/C14H15F3N2OS/c1-20-7-6-18-8-13-19-12(9-21-13)10-4-2-3-5-11(10)14(15,16)17/h2-5,9,18H,6-8H2,1H3. The van der Waals surface area contributed by atoms with Crippen LogP contribution >= 0.6 is 11.3 Å². The molecule has 1 N–H and O–H groups in total. The van der Waals surface area contributed by atoms with Crippen molar-refractivity contribution in [2.45, 2.75) is 12.7 Å². The molecule has 0 aliphatic heterocycles. The molecule has 0 atom stereocenters. The van der Waals surface area contributed by atoms with Crippen LogP contribution in [0.5, 0.6) is 0 Å². The van der Waals surface area contributed by atoms with E-state index >= 15 is 0 Å². The Labute approximate surface area is 124 Å². The largest absolute Gasteiger partial charge is 0.417 e. The van der Waals surface area contributed by atoms with Gasteiger partial charge >= 0.3 is 6.18 Å². The van der Waals surface area contributed by atoms with E-state index < -0.39 is 11.7 Å². The van der Waals surface area contributed by atoms with Crippen LogP contribution in [0, 0.1) is 0 Å². The Morgan fingerprint density at radius 2 is 2.05 bits per heavy atom. The van der Waals surface area contributed by atoms with Crippen LogP contribution in [0.2, 0.25) is 0 Å². The summed E-state index contributed by atoms with van der Waals surface area (Å²) in [7, 11) is 1.61. The molecule has 1 aromatic carbocycles. The van der Waals surface area contributed by atoms with Gasteiger partial charge in [-0.2, -0.15) is 13.2 Å². The van der Waals surface area contributed by atoms with Gasteiger partial charge in [-0.25, -0.2) is 4.98 Å². The molecular weight excluding hydrogens is 301 g/mol. The Morgan fingerprint density at radius 1 is 1.29 bits per heavy atom. The summed E-state index contributed by atoms with van der Waals surface area (Å²) in [6.07, 6.45) is -4.38. The maximum atomic E-state index is 13.0. The minimum absolute atomic E-state index is 0.115. The molecule has 1 heterocycles. The average molecular weight is 316 g/mol. The van der Waals surface area contributed by atoms with Crippen molar-refractivity contribution < 1.29 is 17.9 Å². The van der Waals surface area contributed by atoms with E-state index in [1.165, 1.54) is 23.5 Å². The Hall–Kier alpha value is -1.44. The minimum Gasteiger partial charge on any atom is -0.383 e. The third kappa shape index (κ3) is 4.26. The number of alkyl halides is 3. The third-order valence-corrected chi connectivity index (χ3v) is 3.67. The fourth-order valence-electron chi connectivity index (χ4n) is 1.84. The van der Waals surface area contributed by atoms with Crippen molar-refractivity contribution in [3.05, 3.63) is 40.2 Å². The topological polar surface area (TPSA) is 34.1 Å². The summed E-state index contributed by atoms with van der Waals surface area (Å²) in [6, 6.07) is 5.48. The zero-order valence-corrected chi connectivity index (χ0v) is 12.2. The second kappa shape index (κ2) is 7.02. The predicted molar refractivity (Wildman–Crippen MR) is 76.1 cm³/mol. The Balaban J connectivity index is 2.15. The first-order valence-corrected chi connectivity index (χ1v) is 7.21. The molecule has 3 nitrogen and oxygen atoms in total. The Bertz CT molecular complexity index is 584. The van der Waals surface area contributed by atoms with Crippen LogP contribution < -0.4 is 5.32 Å². The maximum Gasteiger partial charge on any atom is 0.417 e. The van der Waals surface area contributed by atoms with Crippen molar-refractivity contribution >= 4 is 11.3 Å². The number of aromatic nitrogens is 1. The highest BCUT2D eigenvalue weighted by Crippen LogP contribution is 2.37. The highest BCUT2D eigenvalue weighted by atomic mass is 32.1. The maximum absolute atomic E-state index is 13.0. The highest BCUT2D eigenvalue weighted by molar-refractivity contribution is 7.09. The van der Waals surface area contributed by atoms with Gasteiger partial charge < -0.3 is 10.1 Å². The van der Waals surface area contributed by atoms with Gasteiger partial charge in [-0.15, -0.1) is 11.3 Å². The minimum atomic E-state index is -4.38. The number of hydrogen-bond acceptors (Lipinski definition) is 4. The first kappa shape index (κ1) is 15.9. The van der Waals surface area contributed by atoms with E-state index in [0.29, 0.717) is 25.4 Å². The van der Waals surface area contributed by atoms with Gasteiger partial charge in [-0.1, -0.05) is 18.2 Å². The van der Waals surface area contributed by atoms with Gasteiger partial charge in [-0.3, -0.25) is 0 Å². The Kier molecular flexibility index (Phi) is 5.33. The second-order valence-electron chi connectivity index (χ2n) is 4.34. The van der Waals surface area contributed by atoms with Crippen molar-refractivity contribution in [3.8, 4) is 11.3 Å². The number of rotatable bonds is 6. The SMILES string of the molecule is COCCNCc1nc(-c2ccccc2C(F)(F)F)cs1. The molecule has 0 aliphatic carbocycles. The summed E-state index contributed by atoms with van der Waals surface area (Å²) in [5.74, 6) is 0. The molecular formula is C14H15F3N2OS. The van der Waals surface area contributed by atoms with E-state index in [2.05, 4.69) is 10.3 Å². The van der Waals surface area contributed by atoms with E-state index in [0.717, 1.165) is 11.1 Å². The first-order valence-electron chi connectivity index (χ1n) is 6.33. The monoisotopic (exact) mass is 316 g/mol. The Morgan fingerprint density at radius 3 is 2.76 bits per heavy atom. The van der Waals surface area contributed by atoms with Crippen LogP contribution in [0.3, 0.4) is 0 Å². The molecule has 0 spiro atoms. The molecule has 1 aromatic heterocycles. The second-order valence-corrected chi connectivity index (χ2v) is 5.28. The van der Waals surface area contributed by atoms with Gasteiger partial charge in [-0.05, 0) is 6.07 Å². The number of thiazole rings is 1. The summed E-state index contributed by atoms with van der Waals surface area (Å²) in [6.45, 7) is 1.77. The van der Waals surface area contributed by atoms with Gasteiger partial charge in [0, 0.05) is 31.1 Å². The van der Waals surface area contributed by atoms with Crippen molar-refractivity contribution in [3.63, 3.8) is 0 Å². The zero-order chi connectivity index (χ0) is 15.3. The van der Waals surface area contributed by atoms with Crippen LogP contribution in [0.1, 0.15) is 10.6 Å². The van der Waals surface area contributed by atoms with Gasteiger partial charge in [0.15, 0.2) is 0 Å². The number of hydrogen-bond donors (Lipinski definition) is 1. The fraction of sp³-hybridized carbons (Fsp3) is 0.357. The number of ether oxygens (including phenoxy) is 1. The number of nitrogens with zero attached hydrogens (tertiary/aromatic N) is 1. The number of benzene rings is 1. The molecule has 0 fully saturated rings. The molecule has 0 unspecified atom stereocenters. The lowest BCUT2D eigenvalue weighted by atomic mass is 10.1. The molecule has 0 saturated heterocycles. The smallest absolute Gasteiger partial charge is 0.383 e. The van der Waals surface area contributed by atoms with Crippen molar-refractivity contribution in [1.29, 1.82) is 0 Å². The van der Waals surface area contributed by atoms with E-state index in [1.54, 1.807) is 18.6 Å². The van der Waals surface area contributed by atoms with E-state index in [-0.39, 0.29) is 5.56 Å². The lowest BCUT2D eigenvalue weighted by Gasteiger charge is -2.10. The van der Waals surface area contributed by atoms with Gasteiger partial charge in [0.2, 0.25) is 0 Å². The summed E-state index contributed by atoms with van der Waals surface area (Å²) in [5.41, 5.74) is -0.185. The van der Waals surface area contributed by atoms with Crippen LogP contribution in [0.25, 0.3) is 11.3 Å². The summed E-state index contributed by atoms with van der Waals surface area (Å²) >= 11 is 1.34. The normalized spacial score (nSPS) is 11.8. The van der Waals surface area contributed by atoms with Crippen molar-refractivity contribution in [2.24, 2.45) is 0 Å². The molecule has 7 heteroatoms. The third-order valence-electron chi connectivity index (χ3n) is 2.82. The van der Waals surface area contributed by atoms with Crippen molar-refractivity contribution in [1.82, 2.24) is 10.3 Å². The fourth-order valence-corrected chi connectivity index (χ4v) is 2.60. The summed E-state index contributed by atoms with van der Waals surface area (Å²) in [5, 5.41) is 5.51. The molecule has 114 valence electrons. The van der Waals surface area contributed by atoms with Gasteiger partial charge in [0.05, 0.1) is 17.9 Å². The molecule has 0 aliphatic rings. The molecule has 0 bridgehead atoms. The van der Waals surface area contributed by atoms with Crippen molar-refractivity contribution in [2.75, 3.05) is 20.3 Å². The number of methoxy groups -OCH3 is 1. The molecule has 21 heavy (non-hydrogen) atoms. The van der Waals surface area contributed by atoms with Crippen LogP contribution in [-0.2, 0) is 17.5 Å². The first-order chi connectivity index (χ1) is 10.0. The number of nitrogens with one attached hydrogen (secondary N) is 1. The van der Waals surface area contributed by atoms with Gasteiger partial charge in [0.25, 0.3) is 0 Å². The lowest BCUT2D eigenvalue weighted by Crippen LogP contribution is -2.18. The van der Waals surface area contributed by atoms with Crippen LogP contribution in [0.15, 0.2) is 29.6 Å². The highest BCUT2D eigenvalue weighted by Gasteiger charge is 2.33. The van der Waals surface area contributed by atoms with Crippen LogP contribution in [-0.4, -0.2) is 25.2 Å². The summed E-state index contributed by atoms with van der Waals surface area (Å²) in [4.78, 5) is 4.27. The zero-order valence-electron chi connectivity index (χ0n) is 11.4. The van der Waals surface area contributed by atoms with Gasteiger partial charge in [0.1, 0.15) is 5.01 Å². The molecule has 0 amide bonds. The molecule has 2 rings (SSSR count). The lowest BCUT2D eigenvalue weighted by molar-refractivity contribution is -0.137. The average Bonchev–Trinajstić information content (AvgIpc) is 2.91. The van der Waals surface area contributed by atoms with E-state index in [4.69, 9.17) is 4.74 Å².